The molecular weight excluding hydrogens is 479 g/mol. The fourth-order valence-electron chi connectivity index (χ4n) is 3.82. The topological polar surface area (TPSA) is 69.7 Å². The normalized spacial score (nSPS) is 11.7. The van der Waals surface area contributed by atoms with Crippen LogP contribution in [0.15, 0.2) is 114 Å². The van der Waals surface area contributed by atoms with Crippen LogP contribution in [0.3, 0.4) is 0 Å². The lowest BCUT2D eigenvalue weighted by Crippen LogP contribution is -2.28. The number of ether oxygens (including phenoxy) is 1. The Morgan fingerprint density at radius 3 is 1.74 bits per heavy atom. The van der Waals surface area contributed by atoms with Crippen LogP contribution in [0.2, 0.25) is 0 Å². The highest BCUT2D eigenvalue weighted by Crippen LogP contribution is 2.62. The third-order valence-corrected chi connectivity index (χ3v) is 11.4. The van der Waals surface area contributed by atoms with Crippen molar-refractivity contribution >= 4 is 34.2 Å². The second-order valence-electron chi connectivity index (χ2n) is 8.10. The molecule has 0 fully saturated rings. The maximum Gasteiger partial charge on any atom is 0.337 e. The van der Waals surface area contributed by atoms with Crippen molar-refractivity contribution in [2.45, 2.75) is 18.0 Å². The maximum atomic E-state index is 13.6. The summed E-state index contributed by atoms with van der Waals surface area (Å²) in [5.41, 5.74) is 2.23. The van der Waals surface area contributed by atoms with Gasteiger partial charge in [-0.15, -0.1) is 0 Å². The fourth-order valence-corrected chi connectivity index (χ4v) is 9.57. The van der Waals surface area contributed by atoms with Gasteiger partial charge >= 0.3 is 16.1 Å². The van der Waals surface area contributed by atoms with Crippen LogP contribution in [0.1, 0.15) is 21.5 Å². The molecule has 0 saturated heterocycles. The number of benzene rings is 4. The van der Waals surface area contributed by atoms with Crippen molar-refractivity contribution < 1.29 is 21.9 Å². The number of esters is 1. The Labute approximate surface area is 206 Å². The molecule has 35 heavy (non-hydrogen) atoms. The first-order chi connectivity index (χ1) is 16.8. The summed E-state index contributed by atoms with van der Waals surface area (Å²) in [6, 6.07) is 32.6. The molecule has 7 heteroatoms. The average molecular weight is 506 g/mol. The van der Waals surface area contributed by atoms with Gasteiger partial charge in [-0.25, -0.2) is 4.79 Å². The van der Waals surface area contributed by atoms with E-state index in [0.29, 0.717) is 11.7 Å². The minimum absolute atomic E-state index is 0.111. The molecule has 0 saturated carbocycles. The molecule has 0 aliphatic rings. The van der Waals surface area contributed by atoms with Crippen LogP contribution in [-0.2, 0) is 25.0 Å². The van der Waals surface area contributed by atoms with Crippen LogP contribution >= 0.6 is 7.49 Å². The zero-order chi connectivity index (χ0) is 24.9. The summed E-state index contributed by atoms with van der Waals surface area (Å²) in [7, 11) is -5.74. The fraction of sp³-hybridized carbons (Fsp3) is 0.107. The molecule has 0 bridgehead atoms. The minimum atomic E-state index is -4.10. The third kappa shape index (κ3) is 5.51. The Morgan fingerprint density at radius 1 is 0.743 bits per heavy atom. The van der Waals surface area contributed by atoms with Crippen LogP contribution < -0.4 is 10.6 Å². The Balaban J connectivity index is 1.87. The first kappa shape index (κ1) is 24.8. The van der Waals surface area contributed by atoms with Gasteiger partial charge in [0.2, 0.25) is 7.49 Å². The Hall–Kier alpha value is -3.31. The summed E-state index contributed by atoms with van der Waals surface area (Å²) in [5, 5.41) is 1.61. The molecule has 0 aliphatic heterocycles. The van der Waals surface area contributed by atoms with Crippen LogP contribution in [0.4, 0.5) is 0 Å². The third-order valence-electron chi connectivity index (χ3n) is 5.66. The number of aryl methyl sites for hydroxylation is 1. The SMILES string of the molecule is COC(=O)c1ccc(C[P+](OS(=O)(=O)c2ccc(C)cc2)(c2ccccc2)c2ccccc2)cc1. The molecule has 0 unspecified atom stereocenters. The minimum Gasteiger partial charge on any atom is -0.465 e. The van der Waals surface area contributed by atoms with Gasteiger partial charge in [0.25, 0.3) is 0 Å². The van der Waals surface area contributed by atoms with E-state index in [-0.39, 0.29) is 4.90 Å². The van der Waals surface area contributed by atoms with Gasteiger partial charge in [0.1, 0.15) is 16.8 Å². The van der Waals surface area contributed by atoms with Gasteiger partial charge in [-0.3, -0.25) is 0 Å². The van der Waals surface area contributed by atoms with E-state index in [9.17, 15) is 13.2 Å². The summed E-state index contributed by atoms with van der Waals surface area (Å²) in [4.78, 5) is 12.0. The second-order valence-corrected chi connectivity index (χ2v) is 12.9. The molecule has 0 amide bonds. The van der Waals surface area contributed by atoms with Crippen LogP contribution in [0.5, 0.6) is 0 Å². The highest BCUT2D eigenvalue weighted by atomic mass is 32.2. The number of methoxy groups -OCH3 is 1. The molecule has 0 aliphatic carbocycles. The van der Waals surface area contributed by atoms with Gasteiger partial charge in [0.05, 0.1) is 17.6 Å². The molecule has 0 N–H and O–H groups in total. The Bertz CT molecular complexity index is 1350. The predicted octanol–water partition coefficient (Wildman–Crippen LogP) is 5.27. The van der Waals surface area contributed by atoms with Crippen molar-refractivity contribution in [1.29, 1.82) is 0 Å². The summed E-state index contributed by atoms with van der Waals surface area (Å²) in [5.74, 6) is -0.429. The van der Waals surface area contributed by atoms with Crippen molar-refractivity contribution in [2.75, 3.05) is 7.11 Å². The molecular formula is C28H26O5PS+. The molecule has 0 spiro atoms. The van der Waals surface area contributed by atoms with E-state index in [1.807, 2.05) is 79.7 Å². The van der Waals surface area contributed by atoms with E-state index in [1.165, 1.54) is 7.11 Å². The molecule has 4 rings (SSSR count). The number of rotatable bonds is 8. The first-order valence-electron chi connectivity index (χ1n) is 11.0. The molecule has 0 heterocycles. The largest absolute Gasteiger partial charge is 0.465 e. The Morgan fingerprint density at radius 2 is 1.26 bits per heavy atom. The van der Waals surface area contributed by atoms with Crippen LogP contribution in [0, 0.1) is 6.92 Å². The molecule has 4 aromatic rings. The predicted molar refractivity (Wildman–Crippen MR) is 140 cm³/mol. The number of carbonyl (C=O) groups excluding carboxylic acids is 1. The van der Waals surface area contributed by atoms with Crippen molar-refractivity contribution in [3.05, 3.63) is 126 Å². The van der Waals surface area contributed by atoms with E-state index < -0.39 is 23.6 Å². The van der Waals surface area contributed by atoms with Crippen molar-refractivity contribution in [1.82, 2.24) is 0 Å². The van der Waals surface area contributed by atoms with Gasteiger partial charge < -0.3 is 4.74 Å². The molecule has 178 valence electrons. The van der Waals surface area contributed by atoms with E-state index >= 15 is 0 Å². The molecule has 5 nitrogen and oxygen atoms in total. The summed E-state index contributed by atoms with van der Waals surface area (Å²) in [6.07, 6.45) is 0.327. The molecule has 0 radical (unpaired) electrons. The Kier molecular flexibility index (Phi) is 7.46. The summed E-state index contributed by atoms with van der Waals surface area (Å²) in [6.45, 7) is 1.90. The lowest BCUT2D eigenvalue weighted by atomic mass is 10.1. The first-order valence-corrected chi connectivity index (χ1v) is 14.3. The summed E-state index contributed by atoms with van der Waals surface area (Å²) >= 11 is 0. The average Bonchev–Trinajstić information content (AvgIpc) is 2.89. The molecule has 0 atom stereocenters. The number of hydrogen-bond donors (Lipinski definition) is 0. The standard InChI is InChI=1S/C28H26O5PS/c1-22-13-19-27(20-14-22)35(30,31)33-34(25-9-5-3-6-10-25,26-11-7-4-8-12-26)21-23-15-17-24(18-16-23)28(29)32-2/h3-20H,21H2,1-2H3/q+1. The number of carbonyl (C=O) groups is 1. The highest BCUT2D eigenvalue weighted by molar-refractivity contribution is 7.98. The van der Waals surface area contributed by atoms with Gasteiger partial charge in [-0.1, -0.05) is 70.2 Å². The zero-order valence-corrected chi connectivity index (χ0v) is 21.2. The van der Waals surface area contributed by atoms with E-state index in [2.05, 4.69) is 0 Å². The lowest BCUT2D eigenvalue weighted by Gasteiger charge is -2.25. The van der Waals surface area contributed by atoms with E-state index in [1.54, 1.807) is 36.4 Å². The van der Waals surface area contributed by atoms with Crippen molar-refractivity contribution in [2.24, 2.45) is 0 Å². The monoisotopic (exact) mass is 505 g/mol. The lowest BCUT2D eigenvalue weighted by molar-refractivity contribution is 0.0600. The van der Waals surface area contributed by atoms with Crippen LogP contribution in [-0.4, -0.2) is 21.5 Å². The van der Waals surface area contributed by atoms with Gasteiger partial charge in [0.15, 0.2) is 0 Å². The second kappa shape index (κ2) is 10.5. The highest BCUT2D eigenvalue weighted by Gasteiger charge is 2.50. The zero-order valence-electron chi connectivity index (χ0n) is 19.5. The molecule has 4 aromatic carbocycles. The van der Waals surface area contributed by atoms with E-state index in [4.69, 9.17) is 8.71 Å². The molecule has 0 aromatic heterocycles. The summed E-state index contributed by atoms with van der Waals surface area (Å²) < 4.78 is 38.4. The van der Waals surface area contributed by atoms with E-state index in [0.717, 1.165) is 21.7 Å². The number of hydrogen-bond acceptors (Lipinski definition) is 5. The van der Waals surface area contributed by atoms with Gasteiger partial charge in [-0.05, 0) is 61.0 Å². The smallest absolute Gasteiger partial charge is 0.337 e. The van der Waals surface area contributed by atoms with Crippen LogP contribution in [0.25, 0.3) is 0 Å². The van der Waals surface area contributed by atoms with Gasteiger partial charge in [-0.2, -0.15) is 8.42 Å². The quantitative estimate of drug-likeness (QED) is 0.241. The van der Waals surface area contributed by atoms with Crippen molar-refractivity contribution in [3.63, 3.8) is 0 Å². The maximum absolute atomic E-state index is 13.6. The van der Waals surface area contributed by atoms with Gasteiger partial charge in [0, 0.05) is 0 Å². The van der Waals surface area contributed by atoms with Crippen molar-refractivity contribution in [3.8, 4) is 0 Å².